The van der Waals surface area contributed by atoms with Crippen LogP contribution in [0.4, 0.5) is 0 Å². The second-order valence-corrected chi connectivity index (χ2v) is 2.57. The zero-order chi connectivity index (χ0) is 6.69. The molecule has 0 bridgehead atoms. The van der Waals surface area contributed by atoms with Crippen molar-refractivity contribution in [2.24, 2.45) is 0 Å². The summed E-state index contributed by atoms with van der Waals surface area (Å²) in [5.41, 5.74) is 0.772. The summed E-state index contributed by atoms with van der Waals surface area (Å²) >= 11 is 11.0. The lowest BCUT2D eigenvalue weighted by atomic mass is 10.4. The molecule has 0 amide bonds. The van der Waals surface area contributed by atoms with Gasteiger partial charge in [-0.25, -0.2) is 0 Å². The van der Waals surface area contributed by atoms with Crippen LogP contribution in [0.2, 0.25) is 0 Å². The first-order chi connectivity index (χ1) is 4.30. The van der Waals surface area contributed by atoms with Crippen LogP contribution in [0.5, 0.6) is 0 Å². The van der Waals surface area contributed by atoms with Crippen LogP contribution in [-0.4, -0.2) is 10.2 Å². The topological polar surface area (TPSA) is 25.8 Å². The van der Waals surface area contributed by atoms with E-state index in [9.17, 15) is 0 Å². The van der Waals surface area contributed by atoms with Crippen LogP contribution in [0.15, 0.2) is 18.5 Å². The molecular formula is C5H4Cl2N2. The molecule has 1 heterocycles. The molecule has 9 heavy (non-hydrogen) atoms. The Morgan fingerprint density at radius 3 is 2.44 bits per heavy atom. The van der Waals surface area contributed by atoms with Gasteiger partial charge in [-0.05, 0) is 6.07 Å². The molecule has 0 atom stereocenters. The van der Waals surface area contributed by atoms with Gasteiger partial charge in [-0.15, -0.1) is 23.2 Å². The van der Waals surface area contributed by atoms with Crippen molar-refractivity contribution >= 4 is 23.2 Å². The van der Waals surface area contributed by atoms with Gasteiger partial charge in [0, 0.05) is 11.8 Å². The summed E-state index contributed by atoms with van der Waals surface area (Å²) in [6.07, 6.45) is 3.08. The number of alkyl halides is 2. The Labute approximate surface area is 62.8 Å². The zero-order valence-electron chi connectivity index (χ0n) is 4.46. The molecule has 0 aliphatic heterocycles. The van der Waals surface area contributed by atoms with E-state index < -0.39 is 4.84 Å². The second kappa shape index (κ2) is 2.99. The number of rotatable bonds is 1. The minimum atomic E-state index is -0.500. The molecule has 0 spiro atoms. The predicted octanol–water partition coefficient (Wildman–Crippen LogP) is 1.95. The van der Waals surface area contributed by atoms with Crippen molar-refractivity contribution in [3.05, 3.63) is 24.0 Å². The van der Waals surface area contributed by atoms with E-state index in [1.54, 1.807) is 12.3 Å². The molecule has 1 aromatic heterocycles. The summed E-state index contributed by atoms with van der Waals surface area (Å²) in [6, 6.07) is 1.72. The van der Waals surface area contributed by atoms with Gasteiger partial charge >= 0.3 is 0 Å². The summed E-state index contributed by atoms with van der Waals surface area (Å²) in [5, 5.41) is 7.15. The van der Waals surface area contributed by atoms with Gasteiger partial charge in [0.05, 0.1) is 6.20 Å². The van der Waals surface area contributed by atoms with Gasteiger partial charge in [0.25, 0.3) is 0 Å². The van der Waals surface area contributed by atoms with Crippen LogP contribution in [-0.2, 0) is 0 Å². The third kappa shape index (κ3) is 1.80. The highest BCUT2D eigenvalue weighted by atomic mass is 35.5. The molecule has 4 heteroatoms. The zero-order valence-corrected chi connectivity index (χ0v) is 5.97. The van der Waals surface area contributed by atoms with Crippen LogP contribution >= 0.6 is 23.2 Å². The maximum absolute atomic E-state index is 5.50. The summed E-state index contributed by atoms with van der Waals surface area (Å²) in [5.74, 6) is 0. The van der Waals surface area contributed by atoms with Crippen molar-refractivity contribution in [2.75, 3.05) is 0 Å². The predicted molar refractivity (Wildman–Crippen MR) is 36.5 cm³/mol. The maximum atomic E-state index is 5.50. The van der Waals surface area contributed by atoms with E-state index in [1.165, 1.54) is 6.20 Å². The van der Waals surface area contributed by atoms with Gasteiger partial charge in [0.1, 0.15) is 4.84 Å². The van der Waals surface area contributed by atoms with Crippen molar-refractivity contribution in [2.45, 2.75) is 4.84 Å². The molecule has 0 N–H and O–H groups in total. The molecule has 0 saturated heterocycles. The average molecular weight is 163 g/mol. The van der Waals surface area contributed by atoms with E-state index >= 15 is 0 Å². The minimum Gasteiger partial charge on any atom is -0.159 e. The van der Waals surface area contributed by atoms with Crippen LogP contribution in [0.25, 0.3) is 0 Å². The summed E-state index contributed by atoms with van der Waals surface area (Å²) in [6.45, 7) is 0. The number of hydrogen-bond donors (Lipinski definition) is 0. The molecule has 0 fully saturated rings. The number of halogens is 2. The van der Waals surface area contributed by atoms with Gasteiger partial charge in [0.15, 0.2) is 0 Å². The highest BCUT2D eigenvalue weighted by Gasteiger charge is 2.00. The van der Waals surface area contributed by atoms with E-state index in [0.717, 1.165) is 5.56 Å². The quantitative estimate of drug-likeness (QED) is 0.591. The molecule has 1 aromatic rings. The van der Waals surface area contributed by atoms with Gasteiger partial charge < -0.3 is 0 Å². The highest BCUT2D eigenvalue weighted by molar-refractivity contribution is 6.44. The van der Waals surface area contributed by atoms with Crippen molar-refractivity contribution in [1.82, 2.24) is 10.2 Å². The largest absolute Gasteiger partial charge is 0.159 e. The minimum absolute atomic E-state index is 0.500. The smallest absolute Gasteiger partial charge is 0.134 e. The lowest BCUT2D eigenvalue weighted by Gasteiger charge is -1.95. The lowest BCUT2D eigenvalue weighted by molar-refractivity contribution is 1.01. The van der Waals surface area contributed by atoms with Crippen molar-refractivity contribution < 1.29 is 0 Å². The number of nitrogens with zero attached hydrogens (tertiary/aromatic N) is 2. The Bertz CT molecular complexity index is 176. The molecule has 0 aliphatic carbocycles. The van der Waals surface area contributed by atoms with E-state index in [4.69, 9.17) is 23.2 Å². The Hall–Kier alpha value is -0.340. The van der Waals surface area contributed by atoms with Crippen LogP contribution in [0.1, 0.15) is 10.4 Å². The first kappa shape index (κ1) is 6.78. The SMILES string of the molecule is ClC(Cl)c1ccnnc1. The fourth-order valence-electron chi connectivity index (χ4n) is 0.430. The Balaban J connectivity index is 2.85. The normalized spacial score (nSPS) is 10.1. The van der Waals surface area contributed by atoms with Crippen LogP contribution < -0.4 is 0 Å². The van der Waals surface area contributed by atoms with Gasteiger partial charge in [0.2, 0.25) is 0 Å². The molecule has 0 unspecified atom stereocenters. The first-order valence-corrected chi connectivity index (χ1v) is 3.23. The molecular weight excluding hydrogens is 159 g/mol. The van der Waals surface area contributed by atoms with Gasteiger partial charge in [-0.3, -0.25) is 0 Å². The lowest BCUT2D eigenvalue weighted by Crippen LogP contribution is -1.84. The molecule has 2 nitrogen and oxygen atoms in total. The van der Waals surface area contributed by atoms with E-state index in [2.05, 4.69) is 10.2 Å². The average Bonchev–Trinajstić information content (AvgIpc) is 1.90. The van der Waals surface area contributed by atoms with Crippen LogP contribution in [0.3, 0.4) is 0 Å². The van der Waals surface area contributed by atoms with Crippen LogP contribution in [0, 0.1) is 0 Å². The Morgan fingerprint density at radius 2 is 2.11 bits per heavy atom. The van der Waals surface area contributed by atoms with E-state index in [1.807, 2.05) is 0 Å². The fraction of sp³-hybridized carbons (Fsp3) is 0.200. The number of aromatic nitrogens is 2. The number of hydrogen-bond acceptors (Lipinski definition) is 2. The van der Waals surface area contributed by atoms with Crippen molar-refractivity contribution in [3.63, 3.8) is 0 Å². The molecule has 0 radical (unpaired) electrons. The summed E-state index contributed by atoms with van der Waals surface area (Å²) < 4.78 is 0. The molecule has 0 saturated carbocycles. The fourth-order valence-corrected chi connectivity index (χ4v) is 0.688. The summed E-state index contributed by atoms with van der Waals surface area (Å²) in [7, 11) is 0. The monoisotopic (exact) mass is 162 g/mol. The van der Waals surface area contributed by atoms with Gasteiger partial charge in [-0.1, -0.05) is 0 Å². The second-order valence-electron chi connectivity index (χ2n) is 1.48. The van der Waals surface area contributed by atoms with Crippen molar-refractivity contribution in [1.29, 1.82) is 0 Å². The van der Waals surface area contributed by atoms with E-state index in [0.29, 0.717) is 0 Å². The third-order valence-corrected chi connectivity index (χ3v) is 1.36. The molecule has 1 rings (SSSR count). The maximum Gasteiger partial charge on any atom is 0.134 e. The van der Waals surface area contributed by atoms with E-state index in [-0.39, 0.29) is 0 Å². The molecule has 0 aliphatic rings. The Morgan fingerprint density at radius 1 is 1.33 bits per heavy atom. The van der Waals surface area contributed by atoms with Crippen molar-refractivity contribution in [3.8, 4) is 0 Å². The third-order valence-electron chi connectivity index (χ3n) is 0.859. The Kier molecular flexibility index (Phi) is 2.25. The standard InChI is InChI=1S/C5H4Cl2N2/c6-5(7)4-1-2-8-9-3-4/h1-3,5H. The first-order valence-electron chi connectivity index (χ1n) is 2.35. The molecule has 0 aromatic carbocycles. The highest BCUT2D eigenvalue weighted by Crippen LogP contribution is 2.22. The molecule has 48 valence electrons. The van der Waals surface area contributed by atoms with Gasteiger partial charge in [-0.2, -0.15) is 10.2 Å². The summed E-state index contributed by atoms with van der Waals surface area (Å²) in [4.78, 5) is -0.500.